The van der Waals surface area contributed by atoms with Crippen molar-refractivity contribution in [3.63, 3.8) is 0 Å². The molecule has 140 valence electrons. The molecule has 2 aromatic carbocycles. The number of ether oxygens (including phenoxy) is 1. The molecule has 1 N–H and O–H groups in total. The first-order valence-corrected chi connectivity index (χ1v) is 9.59. The SMILES string of the molecule is CCOC(=O)c1ccc(CSc2nc(-c3ccccc3)c(C#N)c(=O)[nH]2)cc1. The van der Waals surface area contributed by atoms with Gasteiger partial charge in [-0.15, -0.1) is 0 Å². The first-order chi connectivity index (χ1) is 13.6. The highest BCUT2D eigenvalue weighted by molar-refractivity contribution is 7.98. The molecule has 0 aliphatic carbocycles. The number of carbonyl (C=O) groups is 1. The number of nitrogens with zero attached hydrogens (tertiary/aromatic N) is 2. The van der Waals surface area contributed by atoms with E-state index in [0.29, 0.717) is 34.3 Å². The fourth-order valence-electron chi connectivity index (χ4n) is 2.53. The van der Waals surface area contributed by atoms with Crippen molar-refractivity contribution >= 4 is 17.7 Å². The topological polar surface area (TPSA) is 95.8 Å². The summed E-state index contributed by atoms with van der Waals surface area (Å²) < 4.78 is 4.97. The van der Waals surface area contributed by atoms with Crippen LogP contribution in [0.3, 0.4) is 0 Å². The molecule has 0 atom stereocenters. The Bertz CT molecular complexity index is 1070. The molecule has 0 saturated heterocycles. The normalized spacial score (nSPS) is 10.3. The van der Waals surface area contributed by atoms with Gasteiger partial charge in [-0.05, 0) is 24.6 Å². The lowest BCUT2D eigenvalue weighted by molar-refractivity contribution is 0.0526. The number of H-pyrrole nitrogens is 1. The summed E-state index contributed by atoms with van der Waals surface area (Å²) in [5.74, 6) is 0.193. The average molecular weight is 391 g/mol. The van der Waals surface area contributed by atoms with Gasteiger partial charge in [0.05, 0.1) is 17.9 Å². The number of aromatic nitrogens is 2. The van der Waals surface area contributed by atoms with E-state index >= 15 is 0 Å². The van der Waals surface area contributed by atoms with E-state index in [1.807, 2.05) is 48.5 Å². The minimum absolute atomic E-state index is 0.00524. The van der Waals surface area contributed by atoms with Crippen molar-refractivity contribution in [1.29, 1.82) is 5.26 Å². The molecule has 0 saturated carbocycles. The van der Waals surface area contributed by atoms with E-state index in [-0.39, 0.29) is 11.5 Å². The molecule has 3 rings (SSSR count). The number of esters is 1. The number of nitrogens with one attached hydrogen (secondary N) is 1. The summed E-state index contributed by atoms with van der Waals surface area (Å²) in [5.41, 5.74) is 2.07. The number of thioether (sulfide) groups is 1. The van der Waals surface area contributed by atoms with E-state index in [4.69, 9.17) is 4.74 Å². The van der Waals surface area contributed by atoms with E-state index in [2.05, 4.69) is 9.97 Å². The largest absolute Gasteiger partial charge is 0.462 e. The maximum atomic E-state index is 12.3. The van der Waals surface area contributed by atoms with Crippen molar-refractivity contribution in [3.8, 4) is 17.3 Å². The fourth-order valence-corrected chi connectivity index (χ4v) is 3.35. The lowest BCUT2D eigenvalue weighted by atomic mass is 10.1. The molecule has 3 aromatic rings. The van der Waals surface area contributed by atoms with Crippen molar-refractivity contribution < 1.29 is 9.53 Å². The second-order valence-electron chi connectivity index (χ2n) is 5.78. The number of aromatic amines is 1. The van der Waals surface area contributed by atoms with Crippen molar-refractivity contribution in [3.05, 3.63) is 81.6 Å². The Kier molecular flexibility index (Phi) is 6.25. The lowest BCUT2D eigenvalue weighted by Gasteiger charge is -2.07. The Morgan fingerprint density at radius 3 is 2.54 bits per heavy atom. The van der Waals surface area contributed by atoms with Crippen molar-refractivity contribution in [2.24, 2.45) is 0 Å². The van der Waals surface area contributed by atoms with E-state index in [1.165, 1.54) is 11.8 Å². The highest BCUT2D eigenvalue weighted by atomic mass is 32.2. The van der Waals surface area contributed by atoms with Crippen LogP contribution in [0, 0.1) is 11.3 Å². The molecule has 7 heteroatoms. The van der Waals surface area contributed by atoms with Crippen LogP contribution in [0.2, 0.25) is 0 Å². The Morgan fingerprint density at radius 2 is 1.89 bits per heavy atom. The van der Waals surface area contributed by atoms with Crippen molar-refractivity contribution in [2.75, 3.05) is 6.61 Å². The van der Waals surface area contributed by atoms with E-state index in [1.54, 1.807) is 19.1 Å². The second kappa shape index (κ2) is 9.02. The molecule has 1 aromatic heterocycles. The molecule has 0 aliphatic heterocycles. The van der Waals surface area contributed by atoms with Gasteiger partial charge in [0.1, 0.15) is 11.6 Å². The van der Waals surface area contributed by atoms with Gasteiger partial charge in [-0.25, -0.2) is 9.78 Å². The van der Waals surface area contributed by atoms with E-state index < -0.39 is 5.56 Å². The summed E-state index contributed by atoms with van der Waals surface area (Å²) in [6, 6.07) is 18.2. The molecule has 0 fully saturated rings. The predicted molar refractivity (Wildman–Crippen MR) is 107 cm³/mol. The molecular weight excluding hydrogens is 374 g/mol. The number of carbonyl (C=O) groups excluding carboxylic acids is 1. The van der Waals surface area contributed by atoms with Gasteiger partial charge in [-0.2, -0.15) is 5.26 Å². The third-order valence-electron chi connectivity index (χ3n) is 3.90. The highest BCUT2D eigenvalue weighted by Gasteiger charge is 2.13. The van der Waals surface area contributed by atoms with Gasteiger partial charge in [-0.3, -0.25) is 4.79 Å². The Morgan fingerprint density at radius 1 is 1.18 bits per heavy atom. The van der Waals surface area contributed by atoms with E-state index in [9.17, 15) is 14.9 Å². The number of hydrogen-bond donors (Lipinski definition) is 1. The van der Waals surface area contributed by atoms with Crippen LogP contribution in [0.4, 0.5) is 0 Å². The second-order valence-corrected chi connectivity index (χ2v) is 6.74. The van der Waals surface area contributed by atoms with E-state index in [0.717, 1.165) is 5.56 Å². The average Bonchev–Trinajstić information content (AvgIpc) is 2.73. The van der Waals surface area contributed by atoms with Gasteiger partial charge in [0, 0.05) is 11.3 Å². The molecule has 0 aliphatic rings. The lowest BCUT2D eigenvalue weighted by Crippen LogP contribution is -2.14. The molecule has 0 amide bonds. The highest BCUT2D eigenvalue weighted by Crippen LogP contribution is 2.24. The number of benzene rings is 2. The minimum atomic E-state index is -0.462. The van der Waals surface area contributed by atoms with Gasteiger partial charge in [0.15, 0.2) is 5.16 Å². The van der Waals surface area contributed by atoms with Gasteiger partial charge >= 0.3 is 5.97 Å². The fraction of sp³-hybridized carbons (Fsp3) is 0.143. The third kappa shape index (κ3) is 4.48. The zero-order chi connectivity index (χ0) is 19.9. The van der Waals surface area contributed by atoms with Crippen LogP contribution in [0.25, 0.3) is 11.3 Å². The zero-order valence-electron chi connectivity index (χ0n) is 15.1. The summed E-state index contributed by atoms with van der Waals surface area (Å²) in [6.45, 7) is 2.09. The Balaban J connectivity index is 1.80. The van der Waals surface area contributed by atoms with Gasteiger partial charge in [-0.1, -0.05) is 54.2 Å². The van der Waals surface area contributed by atoms with Crippen molar-refractivity contribution in [2.45, 2.75) is 17.8 Å². The number of nitriles is 1. The summed E-state index contributed by atoms with van der Waals surface area (Å²) in [4.78, 5) is 31.1. The Labute approximate surface area is 166 Å². The molecule has 28 heavy (non-hydrogen) atoms. The maximum Gasteiger partial charge on any atom is 0.338 e. The minimum Gasteiger partial charge on any atom is -0.462 e. The quantitative estimate of drug-likeness (QED) is 0.390. The zero-order valence-corrected chi connectivity index (χ0v) is 16.0. The summed E-state index contributed by atoms with van der Waals surface area (Å²) in [6.07, 6.45) is 0. The van der Waals surface area contributed by atoms with Crippen LogP contribution in [-0.4, -0.2) is 22.5 Å². The number of rotatable bonds is 6. The summed E-state index contributed by atoms with van der Waals surface area (Å²) in [5, 5.41) is 9.74. The summed E-state index contributed by atoms with van der Waals surface area (Å²) in [7, 11) is 0. The molecule has 0 spiro atoms. The van der Waals surface area contributed by atoms with Gasteiger partial charge < -0.3 is 9.72 Å². The van der Waals surface area contributed by atoms with Crippen LogP contribution in [0.5, 0.6) is 0 Å². The van der Waals surface area contributed by atoms with Crippen LogP contribution in [-0.2, 0) is 10.5 Å². The van der Waals surface area contributed by atoms with Crippen molar-refractivity contribution in [1.82, 2.24) is 9.97 Å². The maximum absolute atomic E-state index is 12.3. The molecule has 0 bridgehead atoms. The predicted octanol–water partition coefficient (Wildman–Crippen LogP) is 3.78. The smallest absolute Gasteiger partial charge is 0.338 e. The standard InChI is InChI=1S/C21H17N3O3S/c1-2-27-20(26)16-10-8-14(9-11-16)13-28-21-23-18(15-6-4-3-5-7-15)17(12-22)19(25)24-21/h3-11H,2,13H2,1H3,(H,23,24,25). The molecule has 1 heterocycles. The first-order valence-electron chi connectivity index (χ1n) is 8.61. The molecule has 6 nitrogen and oxygen atoms in total. The van der Waals surface area contributed by atoms with Crippen LogP contribution in [0.15, 0.2) is 64.5 Å². The monoisotopic (exact) mass is 391 g/mol. The third-order valence-corrected chi connectivity index (χ3v) is 4.84. The van der Waals surface area contributed by atoms with Gasteiger partial charge in [0.25, 0.3) is 5.56 Å². The van der Waals surface area contributed by atoms with Crippen LogP contribution >= 0.6 is 11.8 Å². The first kappa shape index (κ1) is 19.4. The number of hydrogen-bond acceptors (Lipinski definition) is 6. The molecule has 0 unspecified atom stereocenters. The molecular formula is C21H17N3O3S. The van der Waals surface area contributed by atoms with Gasteiger partial charge in [0.2, 0.25) is 0 Å². The molecule has 0 radical (unpaired) electrons. The summed E-state index contributed by atoms with van der Waals surface area (Å²) >= 11 is 1.35. The Hall–Kier alpha value is -3.37. The van der Waals surface area contributed by atoms with Crippen LogP contribution < -0.4 is 5.56 Å². The van der Waals surface area contributed by atoms with Crippen LogP contribution in [0.1, 0.15) is 28.4 Å².